The maximum atomic E-state index is 12.2. The number of aliphatic carboxylic acids is 1. The van der Waals surface area contributed by atoms with Crippen molar-refractivity contribution in [1.29, 1.82) is 0 Å². The van der Waals surface area contributed by atoms with Crippen LogP contribution in [0, 0.1) is 11.8 Å². The third-order valence-electron chi connectivity index (χ3n) is 5.53. The van der Waals surface area contributed by atoms with Gasteiger partial charge in [-0.15, -0.1) is 0 Å². The zero-order valence-electron chi connectivity index (χ0n) is 17.2. The number of carboxylic acids is 1. The molecular formula is C24H22N2O5S. The Morgan fingerprint density at radius 1 is 1.09 bits per heavy atom. The molecule has 1 fully saturated rings. The molecule has 1 aliphatic heterocycles. The van der Waals surface area contributed by atoms with Crippen LogP contribution in [0.4, 0.5) is 4.79 Å². The van der Waals surface area contributed by atoms with E-state index in [-0.39, 0.29) is 19.1 Å². The van der Waals surface area contributed by atoms with Gasteiger partial charge < -0.3 is 20.1 Å². The van der Waals surface area contributed by atoms with Crippen LogP contribution in [0.3, 0.4) is 0 Å². The summed E-state index contributed by atoms with van der Waals surface area (Å²) in [4.78, 5) is 36.9. The highest BCUT2D eigenvalue weighted by atomic mass is 32.2. The number of ether oxygens (including phenoxy) is 1. The first-order chi connectivity index (χ1) is 15.6. The second-order valence-electron chi connectivity index (χ2n) is 7.41. The van der Waals surface area contributed by atoms with E-state index < -0.39 is 24.0 Å². The van der Waals surface area contributed by atoms with Gasteiger partial charge in [-0.2, -0.15) is 11.8 Å². The standard InChI is InChI=1S/C24H22N2O5S/c27-22(26-12-13-32-15-21(26)23(28)29)10-5-11-25-24(30)31-14-20-18-8-3-1-6-16(18)17-7-2-4-9-19(17)20/h1-4,6-9,20-21H,11-15H2,(H,25,30)(H,28,29). The Morgan fingerprint density at radius 3 is 2.41 bits per heavy atom. The molecule has 8 heteroatoms. The minimum Gasteiger partial charge on any atom is -0.480 e. The van der Waals surface area contributed by atoms with E-state index >= 15 is 0 Å². The third kappa shape index (κ3) is 4.58. The SMILES string of the molecule is O=C(NCC#CC(=O)N1CCSCC1C(=O)O)OCC1c2ccccc2-c2ccccc21. The molecule has 1 saturated heterocycles. The first kappa shape index (κ1) is 21.8. The number of nitrogens with one attached hydrogen (secondary N) is 1. The van der Waals surface area contributed by atoms with Crippen LogP contribution in [0.25, 0.3) is 11.1 Å². The number of nitrogens with zero attached hydrogens (tertiary/aromatic N) is 1. The van der Waals surface area contributed by atoms with Crippen molar-refractivity contribution in [2.75, 3.05) is 31.2 Å². The molecule has 1 atom stereocenters. The van der Waals surface area contributed by atoms with Crippen LogP contribution in [0.2, 0.25) is 0 Å². The summed E-state index contributed by atoms with van der Waals surface area (Å²) >= 11 is 1.50. The fourth-order valence-corrected chi connectivity index (χ4v) is 5.05. The second kappa shape index (κ2) is 9.79. The summed E-state index contributed by atoms with van der Waals surface area (Å²) in [6.45, 7) is 0.468. The lowest BCUT2D eigenvalue weighted by atomic mass is 9.98. The van der Waals surface area contributed by atoms with Gasteiger partial charge in [-0.1, -0.05) is 54.5 Å². The van der Waals surface area contributed by atoms with Gasteiger partial charge in [-0.25, -0.2) is 9.59 Å². The normalized spacial score (nSPS) is 16.9. The quantitative estimate of drug-likeness (QED) is 0.695. The van der Waals surface area contributed by atoms with E-state index in [9.17, 15) is 19.5 Å². The van der Waals surface area contributed by atoms with E-state index in [2.05, 4.69) is 29.3 Å². The summed E-state index contributed by atoms with van der Waals surface area (Å²) in [5, 5.41) is 11.8. The zero-order chi connectivity index (χ0) is 22.5. The van der Waals surface area contributed by atoms with Crippen molar-refractivity contribution in [2.45, 2.75) is 12.0 Å². The Bertz CT molecular complexity index is 1060. The van der Waals surface area contributed by atoms with Crippen molar-refractivity contribution >= 4 is 29.7 Å². The van der Waals surface area contributed by atoms with Gasteiger partial charge in [-0.3, -0.25) is 4.79 Å². The summed E-state index contributed by atoms with van der Waals surface area (Å²) in [6.07, 6.45) is -0.619. The third-order valence-corrected chi connectivity index (χ3v) is 6.56. The first-order valence-corrected chi connectivity index (χ1v) is 11.4. The van der Waals surface area contributed by atoms with Gasteiger partial charge in [0.1, 0.15) is 12.6 Å². The monoisotopic (exact) mass is 450 g/mol. The van der Waals surface area contributed by atoms with Gasteiger partial charge in [0, 0.05) is 24.0 Å². The molecule has 2 aromatic rings. The number of fused-ring (bicyclic) bond motifs is 3. The molecule has 0 saturated carbocycles. The largest absolute Gasteiger partial charge is 0.480 e. The van der Waals surface area contributed by atoms with Crippen LogP contribution < -0.4 is 5.32 Å². The molecular weight excluding hydrogens is 428 g/mol. The van der Waals surface area contributed by atoms with Crippen molar-refractivity contribution in [3.8, 4) is 23.0 Å². The highest BCUT2D eigenvalue weighted by Gasteiger charge is 2.31. The van der Waals surface area contributed by atoms with E-state index in [4.69, 9.17) is 4.74 Å². The minimum absolute atomic E-state index is 0.0364. The molecule has 1 heterocycles. The van der Waals surface area contributed by atoms with Gasteiger partial charge >= 0.3 is 12.1 Å². The van der Waals surface area contributed by atoms with Crippen LogP contribution in [0.5, 0.6) is 0 Å². The van der Waals surface area contributed by atoms with Crippen molar-refractivity contribution < 1.29 is 24.2 Å². The Labute approximate surface area is 190 Å². The summed E-state index contributed by atoms with van der Waals surface area (Å²) in [7, 11) is 0. The molecule has 2 N–H and O–H groups in total. The van der Waals surface area contributed by atoms with Crippen LogP contribution in [0.1, 0.15) is 17.0 Å². The molecule has 7 nitrogen and oxygen atoms in total. The lowest BCUT2D eigenvalue weighted by Crippen LogP contribution is -2.49. The maximum Gasteiger partial charge on any atom is 0.407 e. The maximum absolute atomic E-state index is 12.2. The smallest absolute Gasteiger partial charge is 0.407 e. The predicted octanol–water partition coefficient (Wildman–Crippen LogP) is 2.56. The predicted molar refractivity (Wildman–Crippen MR) is 121 cm³/mol. The van der Waals surface area contributed by atoms with E-state index in [1.807, 2.05) is 36.4 Å². The molecule has 32 heavy (non-hydrogen) atoms. The van der Waals surface area contributed by atoms with E-state index in [0.717, 1.165) is 22.3 Å². The first-order valence-electron chi connectivity index (χ1n) is 10.2. The number of carboxylic acid groups (broad SMARTS) is 1. The number of alkyl carbamates (subject to hydrolysis) is 1. The second-order valence-corrected chi connectivity index (χ2v) is 8.56. The lowest BCUT2D eigenvalue weighted by molar-refractivity contribution is -0.147. The van der Waals surface area contributed by atoms with Gasteiger partial charge in [0.05, 0.1) is 6.54 Å². The average Bonchev–Trinajstić information content (AvgIpc) is 3.14. The Balaban J connectivity index is 1.30. The van der Waals surface area contributed by atoms with Crippen molar-refractivity contribution in [1.82, 2.24) is 10.2 Å². The summed E-state index contributed by atoms with van der Waals surface area (Å²) in [5.41, 5.74) is 4.55. The number of carbonyl (C=O) groups is 3. The Hall–Kier alpha value is -3.44. The van der Waals surface area contributed by atoms with Gasteiger partial charge in [0.2, 0.25) is 0 Å². The number of thioether (sulfide) groups is 1. The highest BCUT2D eigenvalue weighted by Crippen LogP contribution is 2.44. The van der Waals surface area contributed by atoms with Crippen molar-refractivity contribution in [3.05, 3.63) is 59.7 Å². The molecule has 4 rings (SSSR count). The zero-order valence-corrected chi connectivity index (χ0v) is 18.1. The Kier molecular flexibility index (Phi) is 6.66. The number of hydrogen-bond acceptors (Lipinski definition) is 5. The number of rotatable bonds is 4. The van der Waals surface area contributed by atoms with E-state index in [1.54, 1.807) is 0 Å². The molecule has 2 amide bonds. The number of carbonyl (C=O) groups excluding carboxylic acids is 2. The van der Waals surface area contributed by atoms with Crippen LogP contribution >= 0.6 is 11.8 Å². The number of hydrogen-bond donors (Lipinski definition) is 2. The van der Waals surface area contributed by atoms with Gasteiger partial charge in [0.15, 0.2) is 0 Å². The Morgan fingerprint density at radius 2 is 1.75 bits per heavy atom. The molecule has 1 unspecified atom stereocenters. The van der Waals surface area contributed by atoms with Crippen LogP contribution in [-0.2, 0) is 14.3 Å². The topological polar surface area (TPSA) is 95.9 Å². The minimum atomic E-state index is -1.04. The number of benzene rings is 2. The van der Waals surface area contributed by atoms with Crippen LogP contribution in [0.15, 0.2) is 48.5 Å². The fraction of sp³-hybridized carbons (Fsp3) is 0.292. The van der Waals surface area contributed by atoms with Crippen LogP contribution in [-0.4, -0.2) is 65.2 Å². The molecule has 164 valence electrons. The van der Waals surface area contributed by atoms with E-state index in [1.165, 1.54) is 16.7 Å². The molecule has 0 aromatic heterocycles. The highest BCUT2D eigenvalue weighted by molar-refractivity contribution is 7.99. The lowest BCUT2D eigenvalue weighted by Gasteiger charge is -2.30. The van der Waals surface area contributed by atoms with Gasteiger partial charge in [-0.05, 0) is 28.2 Å². The van der Waals surface area contributed by atoms with Crippen molar-refractivity contribution in [2.24, 2.45) is 0 Å². The molecule has 1 aliphatic carbocycles. The number of amides is 2. The molecule has 2 aliphatic rings. The van der Waals surface area contributed by atoms with Gasteiger partial charge in [0.25, 0.3) is 5.91 Å². The fourth-order valence-electron chi connectivity index (χ4n) is 4.01. The molecule has 0 radical (unpaired) electrons. The molecule has 0 spiro atoms. The summed E-state index contributed by atoms with van der Waals surface area (Å²) in [5.74, 6) is 4.39. The molecule has 0 bridgehead atoms. The van der Waals surface area contributed by atoms with Crippen molar-refractivity contribution in [3.63, 3.8) is 0 Å². The van der Waals surface area contributed by atoms with E-state index in [0.29, 0.717) is 18.1 Å². The summed E-state index contributed by atoms with van der Waals surface area (Å²) < 4.78 is 5.42. The summed E-state index contributed by atoms with van der Waals surface area (Å²) in [6, 6.07) is 15.3. The average molecular weight is 451 g/mol. The molecule has 2 aromatic carbocycles.